The van der Waals surface area contributed by atoms with Gasteiger partial charge < -0.3 is 9.47 Å². The first-order chi connectivity index (χ1) is 11.3. The lowest BCUT2D eigenvalue weighted by atomic mass is 10.3. The molecule has 0 aliphatic heterocycles. The molecule has 23 heavy (non-hydrogen) atoms. The van der Waals surface area contributed by atoms with Crippen LogP contribution in [0.1, 0.15) is 12.7 Å². The molecule has 0 saturated heterocycles. The van der Waals surface area contributed by atoms with E-state index in [9.17, 15) is 0 Å². The maximum Gasteiger partial charge on any atom is 0.200 e. The molecule has 0 spiro atoms. The van der Waals surface area contributed by atoms with Crippen molar-refractivity contribution >= 4 is 12.2 Å². The number of hydrogen-bond acceptors (Lipinski definition) is 4. The van der Waals surface area contributed by atoms with Crippen LogP contribution >= 0.6 is 12.2 Å². The summed E-state index contributed by atoms with van der Waals surface area (Å²) in [4.78, 5) is 0. The van der Waals surface area contributed by atoms with E-state index in [0.717, 1.165) is 17.2 Å². The summed E-state index contributed by atoms with van der Waals surface area (Å²) in [6, 6.07) is 17.3. The molecule has 0 bridgehead atoms. The average Bonchev–Trinajstić information content (AvgIpc) is 2.95. The van der Waals surface area contributed by atoms with Crippen molar-refractivity contribution < 1.29 is 9.47 Å². The number of ether oxygens (including phenoxy) is 2. The molecular weight excluding hydrogens is 310 g/mol. The first-order valence-electron chi connectivity index (χ1n) is 7.36. The first kappa shape index (κ1) is 15.3. The zero-order chi connectivity index (χ0) is 16.1. The van der Waals surface area contributed by atoms with Crippen molar-refractivity contribution in [1.82, 2.24) is 14.8 Å². The van der Waals surface area contributed by atoms with E-state index in [2.05, 4.69) is 10.2 Å². The number of rotatable bonds is 6. The molecule has 0 aliphatic rings. The van der Waals surface area contributed by atoms with Gasteiger partial charge in [0.2, 0.25) is 0 Å². The van der Waals surface area contributed by atoms with E-state index in [4.69, 9.17) is 21.7 Å². The highest BCUT2D eigenvalue weighted by Crippen LogP contribution is 2.24. The molecule has 1 aromatic heterocycles. The van der Waals surface area contributed by atoms with E-state index in [1.165, 1.54) is 0 Å². The van der Waals surface area contributed by atoms with Crippen LogP contribution in [0.25, 0.3) is 5.69 Å². The van der Waals surface area contributed by atoms with Gasteiger partial charge in [-0.05, 0) is 43.4 Å². The molecule has 0 fully saturated rings. The van der Waals surface area contributed by atoms with Gasteiger partial charge in [-0.25, -0.2) is 0 Å². The standard InChI is InChI=1S/C17H17N3O2S/c1-2-21-15-11-7-6-10-14(15)20-16(18-19-17(20)23)12-22-13-8-4-3-5-9-13/h3-11H,2,12H2,1H3,(H,19,23). The number of nitrogens with zero attached hydrogens (tertiary/aromatic N) is 2. The Morgan fingerprint density at radius 3 is 2.57 bits per heavy atom. The fourth-order valence-electron chi connectivity index (χ4n) is 2.26. The van der Waals surface area contributed by atoms with Crippen LogP contribution in [-0.4, -0.2) is 21.4 Å². The molecule has 0 radical (unpaired) electrons. The number of aromatic nitrogens is 3. The maximum atomic E-state index is 5.78. The molecule has 6 heteroatoms. The summed E-state index contributed by atoms with van der Waals surface area (Å²) in [7, 11) is 0. The van der Waals surface area contributed by atoms with Crippen molar-refractivity contribution in [3.63, 3.8) is 0 Å². The van der Waals surface area contributed by atoms with Gasteiger partial charge in [0.05, 0.1) is 12.3 Å². The lowest BCUT2D eigenvalue weighted by molar-refractivity contribution is 0.292. The fourth-order valence-corrected chi connectivity index (χ4v) is 2.51. The van der Waals surface area contributed by atoms with Crippen molar-refractivity contribution in [3.8, 4) is 17.2 Å². The molecule has 1 heterocycles. The van der Waals surface area contributed by atoms with Gasteiger partial charge in [0.1, 0.15) is 18.1 Å². The summed E-state index contributed by atoms with van der Waals surface area (Å²) in [5.41, 5.74) is 0.847. The Morgan fingerprint density at radius 2 is 1.78 bits per heavy atom. The van der Waals surface area contributed by atoms with Gasteiger partial charge in [0, 0.05) is 0 Å². The van der Waals surface area contributed by atoms with Gasteiger partial charge in [-0.2, -0.15) is 5.10 Å². The molecule has 3 aromatic rings. The van der Waals surface area contributed by atoms with Crippen molar-refractivity contribution in [3.05, 3.63) is 65.2 Å². The smallest absolute Gasteiger partial charge is 0.200 e. The Bertz CT molecular complexity index is 827. The monoisotopic (exact) mass is 327 g/mol. The largest absolute Gasteiger partial charge is 0.492 e. The van der Waals surface area contributed by atoms with Crippen LogP contribution < -0.4 is 9.47 Å². The Labute approximate surface area is 139 Å². The van der Waals surface area contributed by atoms with Gasteiger partial charge in [-0.3, -0.25) is 9.67 Å². The maximum absolute atomic E-state index is 5.78. The third kappa shape index (κ3) is 3.43. The minimum atomic E-state index is 0.303. The molecule has 0 saturated carbocycles. The van der Waals surface area contributed by atoms with Gasteiger partial charge >= 0.3 is 0 Å². The zero-order valence-electron chi connectivity index (χ0n) is 12.7. The number of hydrogen-bond donors (Lipinski definition) is 1. The molecular formula is C17H17N3O2S. The van der Waals surface area contributed by atoms with Crippen LogP contribution in [0.3, 0.4) is 0 Å². The highest BCUT2D eigenvalue weighted by Gasteiger charge is 2.13. The zero-order valence-corrected chi connectivity index (χ0v) is 13.5. The summed E-state index contributed by atoms with van der Waals surface area (Å²) >= 11 is 5.36. The predicted molar refractivity (Wildman–Crippen MR) is 90.7 cm³/mol. The second-order valence-corrected chi connectivity index (χ2v) is 5.17. The molecule has 0 amide bonds. The van der Waals surface area contributed by atoms with Gasteiger partial charge in [-0.15, -0.1) is 0 Å². The molecule has 0 aliphatic carbocycles. The lowest BCUT2D eigenvalue weighted by Gasteiger charge is -2.13. The number of H-pyrrole nitrogens is 1. The number of nitrogens with one attached hydrogen (secondary N) is 1. The van der Waals surface area contributed by atoms with Crippen LogP contribution in [0.5, 0.6) is 11.5 Å². The van der Waals surface area contributed by atoms with Crippen molar-refractivity contribution in [1.29, 1.82) is 0 Å². The molecule has 2 aromatic carbocycles. The quantitative estimate of drug-likeness (QED) is 0.698. The molecule has 3 rings (SSSR count). The third-order valence-corrected chi connectivity index (χ3v) is 3.53. The van der Waals surface area contributed by atoms with Crippen LogP contribution in [0.15, 0.2) is 54.6 Å². The van der Waals surface area contributed by atoms with Gasteiger partial charge in [0.15, 0.2) is 10.6 Å². The summed E-state index contributed by atoms with van der Waals surface area (Å²) in [6.45, 7) is 2.83. The van der Waals surface area contributed by atoms with E-state index in [1.54, 1.807) is 0 Å². The van der Waals surface area contributed by atoms with Crippen LogP contribution in [-0.2, 0) is 6.61 Å². The number of aromatic amines is 1. The SMILES string of the molecule is CCOc1ccccc1-n1c(COc2ccccc2)n[nH]c1=S. The fraction of sp³-hybridized carbons (Fsp3) is 0.176. The van der Waals surface area contributed by atoms with Crippen molar-refractivity contribution in [2.45, 2.75) is 13.5 Å². The topological polar surface area (TPSA) is 52.1 Å². The molecule has 5 nitrogen and oxygen atoms in total. The molecule has 0 atom stereocenters. The number of para-hydroxylation sites is 3. The van der Waals surface area contributed by atoms with Gasteiger partial charge in [0.25, 0.3) is 0 Å². The summed E-state index contributed by atoms with van der Waals surface area (Å²) < 4.78 is 13.8. The normalized spacial score (nSPS) is 10.5. The third-order valence-electron chi connectivity index (χ3n) is 3.26. The molecule has 118 valence electrons. The van der Waals surface area contributed by atoms with E-state index in [-0.39, 0.29) is 0 Å². The highest BCUT2D eigenvalue weighted by atomic mass is 32.1. The van der Waals surface area contributed by atoms with Gasteiger partial charge in [-0.1, -0.05) is 30.3 Å². The Morgan fingerprint density at radius 1 is 1.04 bits per heavy atom. The molecule has 0 unspecified atom stereocenters. The average molecular weight is 327 g/mol. The van der Waals surface area contributed by atoms with Crippen molar-refractivity contribution in [2.24, 2.45) is 0 Å². The Kier molecular flexibility index (Phi) is 4.73. The lowest BCUT2D eigenvalue weighted by Crippen LogP contribution is -2.07. The van der Waals surface area contributed by atoms with Crippen molar-refractivity contribution in [2.75, 3.05) is 6.61 Å². The minimum absolute atomic E-state index is 0.303. The van der Waals surface area contributed by atoms with Crippen LogP contribution in [0, 0.1) is 4.77 Å². The van der Waals surface area contributed by atoms with E-state index in [1.807, 2.05) is 66.1 Å². The van der Waals surface area contributed by atoms with E-state index in [0.29, 0.717) is 23.8 Å². The Balaban J connectivity index is 1.92. The highest BCUT2D eigenvalue weighted by molar-refractivity contribution is 7.71. The second kappa shape index (κ2) is 7.11. The summed E-state index contributed by atoms with van der Waals surface area (Å²) in [6.07, 6.45) is 0. The predicted octanol–water partition coefficient (Wildman–Crippen LogP) is 3.91. The van der Waals surface area contributed by atoms with Crippen LogP contribution in [0.2, 0.25) is 0 Å². The van der Waals surface area contributed by atoms with Crippen LogP contribution in [0.4, 0.5) is 0 Å². The Hall–Kier alpha value is -2.60. The van der Waals surface area contributed by atoms with E-state index >= 15 is 0 Å². The second-order valence-electron chi connectivity index (χ2n) is 4.78. The molecule has 1 N–H and O–H groups in total. The number of benzene rings is 2. The van der Waals surface area contributed by atoms with E-state index < -0.39 is 0 Å². The summed E-state index contributed by atoms with van der Waals surface area (Å²) in [5, 5.41) is 7.10. The first-order valence-corrected chi connectivity index (χ1v) is 7.76. The minimum Gasteiger partial charge on any atom is -0.492 e. The summed E-state index contributed by atoms with van der Waals surface area (Å²) in [5.74, 6) is 2.23.